The second-order valence-electron chi connectivity index (χ2n) is 5.21. The average Bonchev–Trinajstić information content (AvgIpc) is 2.41. The number of carboxylic acid groups (broad SMARTS) is 1. The normalized spacial score (nSPS) is 11.8. The number of carbonyl (C=O) groups is 3. The molecule has 0 spiro atoms. The van der Waals surface area contributed by atoms with Gasteiger partial charge in [-0.05, 0) is 18.1 Å². The summed E-state index contributed by atoms with van der Waals surface area (Å²) in [6.07, 6.45) is 0. The van der Waals surface area contributed by atoms with Crippen molar-refractivity contribution in [2.45, 2.75) is 26.8 Å². The molecule has 22 heavy (non-hydrogen) atoms. The van der Waals surface area contributed by atoms with Gasteiger partial charge >= 0.3 is 5.97 Å². The van der Waals surface area contributed by atoms with Gasteiger partial charge in [-0.15, -0.1) is 0 Å². The Hall–Kier alpha value is -2.57. The Morgan fingerprint density at radius 2 is 1.91 bits per heavy atom. The first-order valence-corrected chi connectivity index (χ1v) is 6.82. The summed E-state index contributed by atoms with van der Waals surface area (Å²) in [6, 6.07) is 5.12. The van der Waals surface area contributed by atoms with Crippen molar-refractivity contribution < 1.29 is 24.6 Å². The Labute approximate surface area is 128 Å². The van der Waals surface area contributed by atoms with Crippen LogP contribution in [0.2, 0.25) is 0 Å². The van der Waals surface area contributed by atoms with Gasteiger partial charge in [-0.3, -0.25) is 19.3 Å². The highest BCUT2D eigenvalue weighted by Crippen LogP contribution is 2.25. The first kappa shape index (κ1) is 17.5. The number of benzene rings is 1. The molecule has 0 saturated heterocycles. The van der Waals surface area contributed by atoms with E-state index in [-0.39, 0.29) is 17.6 Å². The van der Waals surface area contributed by atoms with Crippen molar-refractivity contribution in [3.63, 3.8) is 0 Å². The van der Waals surface area contributed by atoms with E-state index in [9.17, 15) is 19.5 Å². The van der Waals surface area contributed by atoms with E-state index in [0.717, 1.165) is 0 Å². The number of rotatable bonds is 6. The molecule has 1 atom stereocenters. The van der Waals surface area contributed by atoms with Gasteiger partial charge in [0, 0.05) is 18.7 Å². The van der Waals surface area contributed by atoms with E-state index in [1.54, 1.807) is 26.0 Å². The van der Waals surface area contributed by atoms with E-state index in [1.165, 1.54) is 24.0 Å². The van der Waals surface area contributed by atoms with Gasteiger partial charge < -0.3 is 15.5 Å². The van der Waals surface area contributed by atoms with Crippen LogP contribution >= 0.6 is 0 Å². The fourth-order valence-electron chi connectivity index (χ4n) is 2.17. The van der Waals surface area contributed by atoms with Crippen LogP contribution in [-0.4, -0.2) is 40.6 Å². The second-order valence-corrected chi connectivity index (χ2v) is 5.21. The molecule has 3 N–H and O–H groups in total. The summed E-state index contributed by atoms with van der Waals surface area (Å²) in [5.41, 5.74) is 0.372. The number of aromatic hydroxyl groups is 1. The van der Waals surface area contributed by atoms with Crippen molar-refractivity contribution in [2.24, 2.45) is 5.92 Å². The topological polar surface area (TPSA) is 107 Å². The van der Waals surface area contributed by atoms with Crippen molar-refractivity contribution in [3.05, 3.63) is 24.3 Å². The monoisotopic (exact) mass is 308 g/mol. The Kier molecular flexibility index (Phi) is 5.91. The Balaban J connectivity index is 3.15. The van der Waals surface area contributed by atoms with E-state index in [4.69, 9.17) is 5.11 Å². The van der Waals surface area contributed by atoms with Gasteiger partial charge in [-0.2, -0.15) is 0 Å². The van der Waals surface area contributed by atoms with E-state index in [2.05, 4.69) is 5.32 Å². The lowest BCUT2D eigenvalue weighted by atomic mass is 10.0. The molecule has 0 aromatic heterocycles. The van der Waals surface area contributed by atoms with Gasteiger partial charge in [0.2, 0.25) is 11.8 Å². The smallest absolute Gasteiger partial charge is 0.322 e. The molecule has 0 radical (unpaired) electrons. The zero-order chi connectivity index (χ0) is 16.9. The van der Waals surface area contributed by atoms with Gasteiger partial charge in [-0.25, -0.2) is 0 Å². The molecule has 0 aliphatic rings. The number of aliphatic carboxylic acids is 1. The Morgan fingerprint density at radius 3 is 2.36 bits per heavy atom. The van der Waals surface area contributed by atoms with Crippen LogP contribution in [0.1, 0.15) is 20.8 Å². The molecule has 2 amide bonds. The number of nitrogens with one attached hydrogen (secondary N) is 1. The molecule has 0 fully saturated rings. The maximum atomic E-state index is 12.3. The predicted molar refractivity (Wildman–Crippen MR) is 80.5 cm³/mol. The fraction of sp³-hybridized carbons (Fsp3) is 0.400. The molecule has 0 bridgehead atoms. The summed E-state index contributed by atoms with van der Waals surface area (Å²) in [7, 11) is 0. The predicted octanol–water partition coefficient (Wildman–Crippen LogP) is 0.970. The van der Waals surface area contributed by atoms with Crippen molar-refractivity contribution in [2.75, 3.05) is 11.4 Å². The molecule has 0 aliphatic carbocycles. The second kappa shape index (κ2) is 7.44. The summed E-state index contributed by atoms with van der Waals surface area (Å²) in [5, 5.41) is 20.5. The maximum absolute atomic E-state index is 12.3. The van der Waals surface area contributed by atoms with E-state index >= 15 is 0 Å². The summed E-state index contributed by atoms with van der Waals surface area (Å²) in [5.74, 6) is -2.38. The van der Waals surface area contributed by atoms with Crippen LogP contribution in [0.25, 0.3) is 0 Å². The van der Waals surface area contributed by atoms with Crippen molar-refractivity contribution in [1.29, 1.82) is 0 Å². The molecule has 0 heterocycles. The first-order chi connectivity index (χ1) is 10.2. The summed E-state index contributed by atoms with van der Waals surface area (Å²) in [6.45, 7) is 4.30. The van der Waals surface area contributed by atoms with Gasteiger partial charge in [0.15, 0.2) is 0 Å². The molecule has 0 saturated carbocycles. The molecule has 0 unspecified atom stereocenters. The number of carboxylic acids is 1. The quantitative estimate of drug-likeness (QED) is 0.726. The standard InChI is InChI=1S/C15H20N2O5/c1-9(2)14(15(22)16-8-13(20)21)17(10(3)18)11-5-4-6-12(19)7-11/h4-7,9,14,19H,8H2,1-3H3,(H,16,22)(H,20,21)/t14-/m0/s1. The zero-order valence-corrected chi connectivity index (χ0v) is 12.7. The summed E-state index contributed by atoms with van der Waals surface area (Å²) in [4.78, 5) is 36.1. The number of phenols is 1. The van der Waals surface area contributed by atoms with Crippen LogP contribution in [-0.2, 0) is 14.4 Å². The van der Waals surface area contributed by atoms with Crippen LogP contribution in [0.4, 0.5) is 5.69 Å². The lowest BCUT2D eigenvalue weighted by Crippen LogP contribution is -2.52. The lowest BCUT2D eigenvalue weighted by Gasteiger charge is -2.32. The highest BCUT2D eigenvalue weighted by Gasteiger charge is 2.32. The number of hydrogen-bond donors (Lipinski definition) is 3. The number of nitrogens with zero attached hydrogens (tertiary/aromatic N) is 1. The number of anilines is 1. The zero-order valence-electron chi connectivity index (χ0n) is 12.7. The molecule has 1 aromatic rings. The minimum atomic E-state index is -1.16. The fourth-order valence-corrected chi connectivity index (χ4v) is 2.17. The van der Waals surface area contributed by atoms with Crippen LogP contribution < -0.4 is 10.2 Å². The van der Waals surface area contributed by atoms with Crippen LogP contribution in [0.5, 0.6) is 5.75 Å². The SMILES string of the molecule is CC(=O)N(c1cccc(O)c1)[C@H](C(=O)NCC(=O)O)C(C)C. The largest absolute Gasteiger partial charge is 0.508 e. The maximum Gasteiger partial charge on any atom is 0.322 e. The number of phenolic OH excluding ortho intramolecular Hbond substituents is 1. The molecule has 1 rings (SSSR count). The molecule has 7 nitrogen and oxygen atoms in total. The highest BCUT2D eigenvalue weighted by molar-refractivity contribution is 6.00. The van der Waals surface area contributed by atoms with Crippen LogP contribution in [0.15, 0.2) is 24.3 Å². The van der Waals surface area contributed by atoms with Gasteiger partial charge in [0.25, 0.3) is 0 Å². The number of hydrogen-bond acceptors (Lipinski definition) is 4. The average molecular weight is 308 g/mol. The third kappa shape index (κ3) is 4.47. The molecular weight excluding hydrogens is 288 g/mol. The lowest BCUT2D eigenvalue weighted by molar-refractivity contribution is -0.138. The van der Waals surface area contributed by atoms with E-state index < -0.39 is 24.5 Å². The minimum absolute atomic E-state index is 0.0304. The van der Waals surface area contributed by atoms with Crippen LogP contribution in [0.3, 0.4) is 0 Å². The Morgan fingerprint density at radius 1 is 1.27 bits per heavy atom. The van der Waals surface area contributed by atoms with Crippen LogP contribution in [0, 0.1) is 5.92 Å². The molecular formula is C15H20N2O5. The molecule has 7 heteroatoms. The minimum Gasteiger partial charge on any atom is -0.508 e. The van der Waals surface area contributed by atoms with Gasteiger partial charge in [0.1, 0.15) is 18.3 Å². The Bertz CT molecular complexity index is 571. The van der Waals surface area contributed by atoms with Crippen molar-refractivity contribution in [1.82, 2.24) is 5.32 Å². The third-order valence-electron chi connectivity index (χ3n) is 3.04. The van der Waals surface area contributed by atoms with E-state index in [1.807, 2.05) is 0 Å². The summed E-state index contributed by atoms with van der Waals surface area (Å²) >= 11 is 0. The highest BCUT2D eigenvalue weighted by atomic mass is 16.4. The molecule has 1 aromatic carbocycles. The summed E-state index contributed by atoms with van der Waals surface area (Å²) < 4.78 is 0. The van der Waals surface area contributed by atoms with E-state index in [0.29, 0.717) is 5.69 Å². The molecule has 120 valence electrons. The third-order valence-corrected chi connectivity index (χ3v) is 3.04. The number of carbonyl (C=O) groups excluding carboxylic acids is 2. The first-order valence-electron chi connectivity index (χ1n) is 6.82. The van der Waals surface area contributed by atoms with Gasteiger partial charge in [0.05, 0.1) is 0 Å². The van der Waals surface area contributed by atoms with Gasteiger partial charge in [-0.1, -0.05) is 19.9 Å². The number of amides is 2. The molecule has 0 aliphatic heterocycles. The van der Waals surface area contributed by atoms with Crippen molar-refractivity contribution >= 4 is 23.5 Å². The van der Waals surface area contributed by atoms with Crippen molar-refractivity contribution in [3.8, 4) is 5.75 Å².